The summed E-state index contributed by atoms with van der Waals surface area (Å²) in [4.78, 5) is 11.2. The van der Waals surface area contributed by atoms with Gasteiger partial charge in [-0.15, -0.1) is 0 Å². The summed E-state index contributed by atoms with van der Waals surface area (Å²) in [6.45, 7) is 15.0. The Morgan fingerprint density at radius 2 is 1.79 bits per heavy atom. The fourth-order valence-corrected chi connectivity index (χ4v) is 7.85. The summed E-state index contributed by atoms with van der Waals surface area (Å²) < 4.78 is 0. The number of nitrogens with two attached hydrogens (primary N) is 1. The molecule has 2 saturated carbocycles. The van der Waals surface area contributed by atoms with E-state index in [-0.39, 0.29) is 5.91 Å². The summed E-state index contributed by atoms with van der Waals surface area (Å²) in [6.07, 6.45) is 16.6. The molecule has 29 heavy (non-hydrogen) atoms. The first-order chi connectivity index (χ1) is 13.7. The van der Waals surface area contributed by atoms with Crippen molar-refractivity contribution in [2.75, 3.05) is 0 Å². The SMILES string of the molecule is CCCC1(C)C(CCCC(N)=O)CCC1C(C)C[C@H](CC)C1CCCCC1(C)C. The van der Waals surface area contributed by atoms with E-state index in [0.717, 1.165) is 36.0 Å². The maximum Gasteiger partial charge on any atom is 0.217 e. The van der Waals surface area contributed by atoms with Crippen molar-refractivity contribution >= 4 is 5.91 Å². The largest absolute Gasteiger partial charge is 0.370 e. The van der Waals surface area contributed by atoms with Gasteiger partial charge < -0.3 is 5.73 Å². The lowest BCUT2D eigenvalue weighted by Gasteiger charge is -2.46. The van der Waals surface area contributed by atoms with E-state index in [1.807, 2.05) is 0 Å². The second kappa shape index (κ2) is 10.7. The van der Waals surface area contributed by atoms with Crippen LogP contribution in [0.4, 0.5) is 0 Å². The van der Waals surface area contributed by atoms with Crippen LogP contribution in [0.2, 0.25) is 0 Å². The Bertz CT molecular complexity index is 513. The van der Waals surface area contributed by atoms with Gasteiger partial charge in [-0.1, -0.05) is 67.2 Å². The number of amides is 1. The van der Waals surface area contributed by atoms with Crippen LogP contribution < -0.4 is 5.73 Å². The third-order valence-corrected chi connectivity index (χ3v) is 9.42. The van der Waals surface area contributed by atoms with Crippen LogP contribution in [-0.2, 0) is 4.79 Å². The third-order valence-electron chi connectivity index (χ3n) is 9.42. The molecule has 2 aliphatic rings. The van der Waals surface area contributed by atoms with Crippen LogP contribution in [0.3, 0.4) is 0 Å². The van der Waals surface area contributed by atoms with Crippen molar-refractivity contribution < 1.29 is 4.79 Å². The molecule has 2 rings (SSSR count). The molecule has 0 bridgehead atoms. The molecule has 2 heteroatoms. The van der Waals surface area contributed by atoms with Gasteiger partial charge in [0.15, 0.2) is 0 Å². The molecular formula is C27H51NO. The minimum Gasteiger partial charge on any atom is -0.370 e. The zero-order chi connectivity index (χ0) is 21.7. The van der Waals surface area contributed by atoms with Crippen LogP contribution >= 0.6 is 0 Å². The molecule has 0 saturated heterocycles. The molecule has 2 fully saturated rings. The predicted molar refractivity (Wildman–Crippen MR) is 126 cm³/mol. The Morgan fingerprint density at radius 1 is 1.07 bits per heavy atom. The number of rotatable bonds is 11. The highest BCUT2D eigenvalue weighted by molar-refractivity contribution is 5.73. The van der Waals surface area contributed by atoms with Crippen molar-refractivity contribution in [2.45, 2.75) is 125 Å². The van der Waals surface area contributed by atoms with Gasteiger partial charge in [0.25, 0.3) is 0 Å². The lowest BCUT2D eigenvalue weighted by Crippen LogP contribution is -2.37. The van der Waals surface area contributed by atoms with E-state index in [1.54, 1.807) is 0 Å². The molecule has 1 amide bonds. The van der Waals surface area contributed by atoms with Crippen LogP contribution in [0.5, 0.6) is 0 Å². The first kappa shape index (κ1) is 24.7. The number of hydrogen-bond donors (Lipinski definition) is 1. The molecule has 0 aromatic rings. The van der Waals surface area contributed by atoms with Crippen LogP contribution in [0.1, 0.15) is 125 Å². The summed E-state index contributed by atoms with van der Waals surface area (Å²) in [5, 5.41) is 0. The molecule has 0 aromatic heterocycles. The summed E-state index contributed by atoms with van der Waals surface area (Å²) in [7, 11) is 0. The van der Waals surface area contributed by atoms with Gasteiger partial charge in [-0.25, -0.2) is 0 Å². The van der Waals surface area contributed by atoms with E-state index in [2.05, 4.69) is 41.5 Å². The predicted octanol–water partition coefficient (Wildman–Crippen LogP) is 7.74. The molecule has 2 aliphatic carbocycles. The van der Waals surface area contributed by atoms with Gasteiger partial charge in [0.2, 0.25) is 5.91 Å². The number of carbonyl (C=O) groups is 1. The number of carbonyl (C=O) groups excluding carboxylic acids is 1. The van der Waals surface area contributed by atoms with Crippen molar-refractivity contribution in [1.29, 1.82) is 0 Å². The first-order valence-electron chi connectivity index (χ1n) is 12.9. The van der Waals surface area contributed by atoms with E-state index < -0.39 is 0 Å². The lowest BCUT2D eigenvalue weighted by molar-refractivity contribution is -0.118. The Balaban J connectivity index is 2.06. The van der Waals surface area contributed by atoms with Crippen molar-refractivity contribution in [3.63, 3.8) is 0 Å². The highest BCUT2D eigenvalue weighted by Gasteiger charge is 2.48. The molecule has 2 nitrogen and oxygen atoms in total. The summed E-state index contributed by atoms with van der Waals surface area (Å²) >= 11 is 0. The summed E-state index contributed by atoms with van der Waals surface area (Å²) in [6, 6.07) is 0. The quantitative estimate of drug-likeness (QED) is 0.375. The maximum atomic E-state index is 11.2. The monoisotopic (exact) mass is 405 g/mol. The Labute approximate surface area is 182 Å². The van der Waals surface area contributed by atoms with Gasteiger partial charge in [-0.2, -0.15) is 0 Å². The molecule has 0 spiro atoms. The van der Waals surface area contributed by atoms with E-state index >= 15 is 0 Å². The van der Waals surface area contributed by atoms with Crippen LogP contribution in [0.15, 0.2) is 0 Å². The molecule has 170 valence electrons. The summed E-state index contributed by atoms with van der Waals surface area (Å²) in [5.41, 5.74) is 6.38. The van der Waals surface area contributed by atoms with Gasteiger partial charge in [-0.3, -0.25) is 4.79 Å². The molecular weight excluding hydrogens is 354 g/mol. The van der Waals surface area contributed by atoms with Gasteiger partial charge in [-0.05, 0) is 91.8 Å². The van der Waals surface area contributed by atoms with E-state index in [9.17, 15) is 4.79 Å². The van der Waals surface area contributed by atoms with Crippen LogP contribution in [0.25, 0.3) is 0 Å². The van der Waals surface area contributed by atoms with Crippen molar-refractivity contribution in [3.8, 4) is 0 Å². The highest BCUT2D eigenvalue weighted by Crippen LogP contribution is 2.57. The molecule has 6 atom stereocenters. The normalized spacial score (nSPS) is 34.1. The lowest BCUT2D eigenvalue weighted by atomic mass is 9.59. The highest BCUT2D eigenvalue weighted by atomic mass is 16.1. The van der Waals surface area contributed by atoms with Crippen LogP contribution in [-0.4, -0.2) is 5.91 Å². The molecule has 0 radical (unpaired) electrons. The van der Waals surface area contributed by atoms with Crippen molar-refractivity contribution in [3.05, 3.63) is 0 Å². The van der Waals surface area contributed by atoms with Gasteiger partial charge >= 0.3 is 0 Å². The molecule has 0 aromatic carbocycles. The number of hydrogen-bond acceptors (Lipinski definition) is 1. The Morgan fingerprint density at radius 3 is 2.38 bits per heavy atom. The number of primary amides is 1. The van der Waals surface area contributed by atoms with E-state index in [0.29, 0.717) is 17.3 Å². The van der Waals surface area contributed by atoms with Gasteiger partial charge in [0.05, 0.1) is 0 Å². The fourth-order valence-electron chi connectivity index (χ4n) is 7.85. The van der Waals surface area contributed by atoms with Gasteiger partial charge in [0.1, 0.15) is 0 Å². The minimum absolute atomic E-state index is 0.133. The van der Waals surface area contributed by atoms with E-state index in [1.165, 1.54) is 70.6 Å². The fraction of sp³-hybridized carbons (Fsp3) is 0.963. The smallest absolute Gasteiger partial charge is 0.217 e. The first-order valence-corrected chi connectivity index (χ1v) is 12.9. The van der Waals surface area contributed by atoms with E-state index in [4.69, 9.17) is 5.73 Å². The summed E-state index contributed by atoms with van der Waals surface area (Å²) in [5.74, 6) is 4.11. The topological polar surface area (TPSA) is 43.1 Å². The van der Waals surface area contributed by atoms with Crippen molar-refractivity contribution in [1.82, 2.24) is 0 Å². The third kappa shape index (κ3) is 6.01. The standard InChI is InChI=1S/C27H51NO/c1-7-17-27(6)22(12-11-14-25(28)29)15-16-23(27)20(3)19-21(8-2)24-13-9-10-18-26(24,4)5/h20-24H,7-19H2,1-6H3,(H2,28,29)/t20?,21-,22?,23?,24?,27?/m0/s1. The second-order valence-corrected chi connectivity index (χ2v) is 11.7. The minimum atomic E-state index is -0.133. The van der Waals surface area contributed by atoms with Crippen molar-refractivity contribution in [2.24, 2.45) is 46.2 Å². The average Bonchev–Trinajstić information content (AvgIpc) is 2.96. The molecule has 0 heterocycles. The van der Waals surface area contributed by atoms with Crippen LogP contribution in [0, 0.1) is 40.4 Å². The average molecular weight is 406 g/mol. The maximum absolute atomic E-state index is 11.2. The van der Waals surface area contributed by atoms with Gasteiger partial charge in [0, 0.05) is 6.42 Å². The molecule has 0 aliphatic heterocycles. The second-order valence-electron chi connectivity index (χ2n) is 11.7. The molecule has 2 N–H and O–H groups in total. The zero-order valence-electron chi connectivity index (χ0n) is 20.6. The molecule has 5 unspecified atom stereocenters. The Hall–Kier alpha value is -0.530. The Kier molecular flexibility index (Phi) is 9.10. The zero-order valence-corrected chi connectivity index (χ0v) is 20.6.